The van der Waals surface area contributed by atoms with Gasteiger partial charge >= 0.3 is 0 Å². The molecule has 0 aromatic carbocycles. The zero-order valence-corrected chi connectivity index (χ0v) is 14.9. The first-order chi connectivity index (χ1) is 9.45. The number of hydrogen-bond donors (Lipinski definition) is 1. The van der Waals surface area contributed by atoms with Crippen molar-refractivity contribution in [2.75, 3.05) is 0 Å². The van der Waals surface area contributed by atoms with Crippen LogP contribution < -0.4 is 5.32 Å². The molecule has 0 unspecified atom stereocenters. The maximum atomic E-state index is 12.6. The van der Waals surface area contributed by atoms with Crippen LogP contribution in [0.25, 0.3) is 0 Å². The molecule has 4 bridgehead atoms. The molecule has 0 aromatic heterocycles. The van der Waals surface area contributed by atoms with Crippen molar-refractivity contribution < 1.29 is 4.79 Å². The van der Waals surface area contributed by atoms with Gasteiger partial charge in [0.25, 0.3) is 0 Å². The van der Waals surface area contributed by atoms with Crippen molar-refractivity contribution in [3.63, 3.8) is 0 Å². The van der Waals surface area contributed by atoms with Crippen LogP contribution in [0.5, 0.6) is 0 Å². The summed E-state index contributed by atoms with van der Waals surface area (Å²) in [5.41, 5.74) is 0.632. The summed E-state index contributed by atoms with van der Waals surface area (Å²) >= 11 is 6.77. The summed E-state index contributed by atoms with van der Waals surface area (Å²) in [7, 11) is 0. The molecule has 0 saturated heterocycles. The third-order valence-electron chi connectivity index (χ3n) is 5.94. The highest BCUT2D eigenvalue weighted by Gasteiger charge is 2.63. The lowest BCUT2D eigenvalue weighted by Gasteiger charge is -2.66. The minimum atomic E-state index is -0.376. The van der Waals surface area contributed by atoms with Crippen LogP contribution in [0.2, 0.25) is 0 Å². The van der Waals surface area contributed by atoms with Crippen LogP contribution in [0.4, 0.5) is 0 Å². The van der Waals surface area contributed by atoms with Crippen LogP contribution in [0.3, 0.4) is 0 Å². The van der Waals surface area contributed by atoms with Gasteiger partial charge in [-0.25, -0.2) is 0 Å². The van der Waals surface area contributed by atoms with E-state index >= 15 is 0 Å². The van der Waals surface area contributed by atoms with E-state index in [-0.39, 0.29) is 22.2 Å². The Labute approximate surface area is 134 Å². The fourth-order valence-corrected chi connectivity index (χ4v) is 6.83. The van der Waals surface area contributed by atoms with E-state index in [2.05, 4.69) is 19.2 Å². The van der Waals surface area contributed by atoms with Crippen LogP contribution in [0, 0.1) is 22.2 Å². The predicted octanol–water partition coefficient (Wildman–Crippen LogP) is 4.51. The second-order valence-electron chi connectivity index (χ2n) is 10.1. The zero-order chi connectivity index (χ0) is 15.7. The number of rotatable bonds is 2. The number of alkyl halides is 1. The summed E-state index contributed by atoms with van der Waals surface area (Å²) in [6.07, 6.45) is 7.44. The van der Waals surface area contributed by atoms with Crippen LogP contribution in [0.1, 0.15) is 73.1 Å². The fourth-order valence-electron chi connectivity index (χ4n) is 6.53. The molecule has 4 aliphatic rings. The summed E-state index contributed by atoms with van der Waals surface area (Å²) in [5.74, 6) is 0.818. The summed E-state index contributed by atoms with van der Waals surface area (Å²) in [6, 6.07) is 0. The number of nitrogens with one attached hydrogen (secondary N) is 1. The highest BCUT2D eigenvalue weighted by atomic mass is 35.5. The molecule has 0 aromatic rings. The van der Waals surface area contributed by atoms with E-state index in [0.29, 0.717) is 10.8 Å². The van der Waals surface area contributed by atoms with Gasteiger partial charge in [0.15, 0.2) is 0 Å². The van der Waals surface area contributed by atoms with E-state index in [4.69, 9.17) is 11.6 Å². The van der Waals surface area contributed by atoms with Crippen LogP contribution in [-0.2, 0) is 4.79 Å². The van der Waals surface area contributed by atoms with E-state index in [9.17, 15) is 4.79 Å². The van der Waals surface area contributed by atoms with Crippen LogP contribution in [-0.4, -0.2) is 16.8 Å². The Bertz CT molecular complexity index is 448. The molecule has 4 fully saturated rings. The monoisotopic (exact) mass is 311 g/mol. The van der Waals surface area contributed by atoms with E-state index in [0.717, 1.165) is 25.2 Å². The Morgan fingerprint density at radius 2 is 1.62 bits per heavy atom. The molecule has 0 radical (unpaired) electrons. The van der Waals surface area contributed by atoms with Crippen molar-refractivity contribution >= 4 is 17.5 Å². The van der Waals surface area contributed by atoms with Crippen molar-refractivity contribution in [2.45, 2.75) is 84.1 Å². The molecule has 1 amide bonds. The maximum absolute atomic E-state index is 12.6. The molecule has 3 heteroatoms. The summed E-state index contributed by atoms with van der Waals surface area (Å²) < 4.78 is 0. The third kappa shape index (κ3) is 2.73. The van der Waals surface area contributed by atoms with Crippen molar-refractivity contribution in [2.24, 2.45) is 22.2 Å². The summed E-state index contributed by atoms with van der Waals surface area (Å²) in [5, 5.41) is 2.72. The molecular formula is C18H30ClNO. The highest BCUT2D eigenvalue weighted by Crippen LogP contribution is 2.70. The maximum Gasteiger partial charge on any atom is 0.239 e. The summed E-state index contributed by atoms with van der Waals surface area (Å²) in [6.45, 7) is 10.9. The Morgan fingerprint density at radius 1 is 1.10 bits per heavy atom. The van der Waals surface area contributed by atoms with Crippen molar-refractivity contribution in [1.82, 2.24) is 5.32 Å². The van der Waals surface area contributed by atoms with Crippen LogP contribution in [0.15, 0.2) is 0 Å². The molecule has 21 heavy (non-hydrogen) atoms. The Hall–Kier alpha value is -0.240. The van der Waals surface area contributed by atoms with Gasteiger partial charge in [-0.3, -0.25) is 4.79 Å². The molecule has 3 atom stereocenters. The average Bonchev–Trinajstić information content (AvgIpc) is 2.20. The molecule has 2 nitrogen and oxygen atoms in total. The second kappa shape index (κ2) is 4.40. The van der Waals surface area contributed by atoms with Gasteiger partial charge in [-0.2, -0.15) is 0 Å². The van der Waals surface area contributed by atoms with E-state index in [1.807, 2.05) is 20.8 Å². The zero-order valence-electron chi connectivity index (χ0n) is 14.2. The first-order valence-electron chi connectivity index (χ1n) is 8.41. The lowest BCUT2D eigenvalue weighted by Crippen LogP contribution is -2.61. The first-order valence-corrected chi connectivity index (χ1v) is 8.84. The quantitative estimate of drug-likeness (QED) is 0.747. The van der Waals surface area contributed by atoms with Gasteiger partial charge in [0, 0.05) is 5.54 Å². The number of halogens is 1. The van der Waals surface area contributed by atoms with Gasteiger partial charge in [-0.05, 0) is 81.5 Å². The SMILES string of the molecule is CC(C)(C)NC(=O)[C@@H](Cl)C12CC3C[C@](C)(C1)C[C@](C)(C3)C2. The van der Waals surface area contributed by atoms with Crippen molar-refractivity contribution in [3.05, 3.63) is 0 Å². The largest absolute Gasteiger partial charge is 0.350 e. The molecule has 0 heterocycles. The van der Waals surface area contributed by atoms with Gasteiger partial charge in [-0.1, -0.05) is 13.8 Å². The van der Waals surface area contributed by atoms with Crippen LogP contribution >= 0.6 is 11.6 Å². The molecular weight excluding hydrogens is 282 g/mol. The first kappa shape index (κ1) is 15.6. The lowest BCUT2D eigenvalue weighted by molar-refractivity contribution is -0.154. The summed E-state index contributed by atoms with van der Waals surface area (Å²) in [4.78, 5) is 12.6. The Morgan fingerprint density at radius 3 is 2.05 bits per heavy atom. The smallest absolute Gasteiger partial charge is 0.239 e. The van der Waals surface area contributed by atoms with Gasteiger partial charge < -0.3 is 5.32 Å². The minimum Gasteiger partial charge on any atom is -0.350 e. The van der Waals surface area contributed by atoms with Gasteiger partial charge in [-0.15, -0.1) is 11.6 Å². The minimum absolute atomic E-state index is 0.0276. The molecule has 1 N–H and O–H groups in total. The lowest BCUT2D eigenvalue weighted by atomic mass is 9.39. The predicted molar refractivity (Wildman–Crippen MR) is 87.4 cm³/mol. The molecule has 0 aliphatic heterocycles. The number of carbonyl (C=O) groups excluding carboxylic acids is 1. The van der Waals surface area contributed by atoms with Gasteiger partial charge in [0.05, 0.1) is 0 Å². The standard InChI is InChI=1S/C18H30ClNO/c1-15(2,3)20-14(21)13(19)18-8-12-6-16(4,10-18)9-17(5,7-12)11-18/h12-13H,6-11H2,1-5H3,(H,20,21)/t12?,13-,16+,17+,18?/m1/s1. The molecule has 4 rings (SSSR count). The molecule has 0 spiro atoms. The highest BCUT2D eigenvalue weighted by molar-refractivity contribution is 6.31. The Kier molecular flexibility index (Phi) is 3.28. The molecule has 4 saturated carbocycles. The number of carbonyl (C=O) groups is 1. The fraction of sp³-hybridized carbons (Fsp3) is 0.944. The van der Waals surface area contributed by atoms with Crippen molar-refractivity contribution in [1.29, 1.82) is 0 Å². The van der Waals surface area contributed by atoms with Gasteiger partial charge in [0.2, 0.25) is 5.91 Å². The third-order valence-corrected chi connectivity index (χ3v) is 6.60. The average molecular weight is 312 g/mol. The molecule has 4 aliphatic carbocycles. The van der Waals surface area contributed by atoms with Crippen molar-refractivity contribution in [3.8, 4) is 0 Å². The normalized spacial score (nSPS) is 46.5. The topological polar surface area (TPSA) is 29.1 Å². The number of amides is 1. The van der Waals surface area contributed by atoms with E-state index < -0.39 is 0 Å². The number of hydrogen-bond acceptors (Lipinski definition) is 1. The second-order valence-corrected chi connectivity index (χ2v) is 10.5. The van der Waals surface area contributed by atoms with E-state index in [1.54, 1.807) is 0 Å². The van der Waals surface area contributed by atoms with Gasteiger partial charge in [0.1, 0.15) is 5.38 Å². The van der Waals surface area contributed by atoms with E-state index in [1.165, 1.54) is 19.3 Å². The Balaban J connectivity index is 1.86. The molecule has 120 valence electrons.